The molecule has 2 aromatic carbocycles. The lowest BCUT2D eigenvalue weighted by molar-refractivity contribution is -0.122. The van der Waals surface area contributed by atoms with Crippen LogP contribution in [0.1, 0.15) is 102 Å². The molecule has 6 amide bonds. The van der Waals surface area contributed by atoms with Crippen LogP contribution in [-0.4, -0.2) is 245 Å². The van der Waals surface area contributed by atoms with Crippen molar-refractivity contribution >= 4 is 41.8 Å². The van der Waals surface area contributed by atoms with E-state index in [1.54, 1.807) is 4.90 Å². The van der Waals surface area contributed by atoms with E-state index in [9.17, 15) is 29.1 Å². The van der Waals surface area contributed by atoms with Gasteiger partial charge in [0.25, 0.3) is 0 Å². The van der Waals surface area contributed by atoms with Gasteiger partial charge < -0.3 is 93.4 Å². The third-order valence-electron chi connectivity index (χ3n) is 15.3. The molecular weight excluding hydrogens is 1170 g/mol. The Bertz CT molecular complexity index is 2310. The molecule has 5 atom stereocenters. The monoisotopic (exact) mass is 1270 g/mol. The maximum atomic E-state index is 12.6. The number of ether oxygens (including phenoxy) is 12. The summed E-state index contributed by atoms with van der Waals surface area (Å²) in [6.45, 7) is 16.3. The number of amides is 6. The van der Waals surface area contributed by atoms with E-state index in [4.69, 9.17) is 56.8 Å². The van der Waals surface area contributed by atoms with Gasteiger partial charge in [-0.3, -0.25) is 9.59 Å². The number of carboxylic acid groups (broad SMARTS) is 1. The zero-order valence-electron chi connectivity index (χ0n) is 52.9. The number of hydrogen-bond donors (Lipinski definition) is 6. The van der Waals surface area contributed by atoms with Crippen LogP contribution in [-0.2, 0) is 72.9 Å². The number of carbonyl (C=O) groups is 5. The van der Waals surface area contributed by atoms with Gasteiger partial charge in [0.05, 0.1) is 157 Å². The van der Waals surface area contributed by atoms with E-state index in [-0.39, 0.29) is 54.0 Å². The van der Waals surface area contributed by atoms with Gasteiger partial charge in [0.15, 0.2) is 0 Å². The third-order valence-corrected chi connectivity index (χ3v) is 16.8. The predicted octanol–water partition coefficient (Wildman–Crippen LogP) is 6.10. The van der Waals surface area contributed by atoms with Crippen LogP contribution in [0.5, 0.6) is 0 Å². The summed E-state index contributed by atoms with van der Waals surface area (Å²) in [5.74, 6) is 1.10. The number of aryl methyl sites for hydroxylation is 1. The van der Waals surface area contributed by atoms with Crippen molar-refractivity contribution in [3.63, 3.8) is 0 Å². The number of nitrogens with one attached hydrogen (secondary N) is 5. The van der Waals surface area contributed by atoms with Crippen molar-refractivity contribution in [3.8, 4) is 11.1 Å². The highest BCUT2D eigenvalue weighted by molar-refractivity contribution is 8.00. The van der Waals surface area contributed by atoms with Gasteiger partial charge in [0.1, 0.15) is 5.60 Å². The zero-order chi connectivity index (χ0) is 63.2. The van der Waals surface area contributed by atoms with Gasteiger partial charge in [-0.25, -0.2) is 14.4 Å². The van der Waals surface area contributed by atoms with Crippen LogP contribution >= 0.6 is 11.8 Å². The van der Waals surface area contributed by atoms with Crippen LogP contribution in [0.15, 0.2) is 48.5 Å². The molecule has 2 aliphatic heterocycles. The van der Waals surface area contributed by atoms with E-state index in [2.05, 4.69) is 63.0 Å². The van der Waals surface area contributed by atoms with Crippen LogP contribution < -0.4 is 26.6 Å². The zero-order valence-corrected chi connectivity index (χ0v) is 53.7. The quantitative estimate of drug-likeness (QED) is 0.0322. The lowest BCUT2D eigenvalue weighted by Crippen LogP contribution is -2.47. The number of rotatable bonds is 49. The van der Waals surface area contributed by atoms with Crippen molar-refractivity contribution < 1.29 is 85.9 Å². The molecule has 0 radical (unpaired) electrons. The predicted molar refractivity (Wildman–Crippen MR) is 336 cm³/mol. The minimum atomic E-state index is -0.886. The Balaban J connectivity index is 0.613. The summed E-state index contributed by atoms with van der Waals surface area (Å²) < 4.78 is 66.4. The third kappa shape index (κ3) is 30.9. The molecule has 0 aromatic heterocycles. The lowest BCUT2D eigenvalue weighted by Gasteiger charge is -2.36. The molecule has 2 unspecified atom stereocenters. The number of alkyl carbamates (subject to hydrolysis) is 1. The minimum absolute atomic E-state index is 0.0195. The molecule has 4 aliphatic rings. The first-order valence-electron chi connectivity index (χ1n) is 32.1. The summed E-state index contributed by atoms with van der Waals surface area (Å²) in [5, 5.41) is 25.4. The summed E-state index contributed by atoms with van der Waals surface area (Å²) in [5.41, 5.74) is 3.75. The molecule has 25 heteroatoms. The topological polar surface area (TPSA) is 280 Å². The van der Waals surface area contributed by atoms with Crippen LogP contribution in [0.25, 0.3) is 11.1 Å². The first-order chi connectivity index (χ1) is 43.3. The molecule has 0 bridgehead atoms. The van der Waals surface area contributed by atoms with Gasteiger partial charge >= 0.3 is 18.2 Å². The fourth-order valence-electron chi connectivity index (χ4n) is 10.8. The van der Waals surface area contributed by atoms with Crippen molar-refractivity contribution in [2.24, 2.45) is 0 Å². The Morgan fingerprint density at radius 3 is 1.56 bits per heavy atom. The molecule has 6 rings (SSSR count). The van der Waals surface area contributed by atoms with E-state index in [1.807, 2.05) is 44.7 Å². The smallest absolute Gasteiger partial charge is 0.407 e. The molecule has 2 saturated heterocycles. The highest BCUT2D eigenvalue weighted by atomic mass is 32.2. The van der Waals surface area contributed by atoms with E-state index in [0.717, 1.165) is 53.7 Å². The summed E-state index contributed by atoms with van der Waals surface area (Å²) in [6, 6.07) is 16.8. The number of fused-ring (bicyclic) bond motifs is 1. The fraction of sp³-hybridized carbons (Fsp3) is 0.734. The van der Waals surface area contributed by atoms with Gasteiger partial charge in [0, 0.05) is 61.0 Å². The van der Waals surface area contributed by atoms with E-state index >= 15 is 0 Å². The number of benzene rings is 2. The molecule has 2 heterocycles. The van der Waals surface area contributed by atoms with Crippen LogP contribution in [0.4, 0.5) is 14.4 Å². The van der Waals surface area contributed by atoms with Gasteiger partial charge in [-0.15, -0.1) is 0 Å². The molecule has 2 aliphatic carbocycles. The Labute approximate surface area is 530 Å². The van der Waals surface area contributed by atoms with Crippen LogP contribution in [0, 0.1) is 0 Å². The van der Waals surface area contributed by atoms with Gasteiger partial charge in [-0.1, -0.05) is 55.0 Å². The van der Waals surface area contributed by atoms with Gasteiger partial charge in [-0.05, 0) is 94.4 Å². The van der Waals surface area contributed by atoms with Crippen LogP contribution in [0.2, 0.25) is 0 Å². The molecule has 24 nitrogen and oxygen atoms in total. The Morgan fingerprint density at radius 1 is 0.596 bits per heavy atom. The average molecular weight is 1280 g/mol. The van der Waals surface area contributed by atoms with Crippen molar-refractivity contribution in [1.82, 2.24) is 31.5 Å². The number of nitrogens with zero attached hydrogens (tertiary/aromatic N) is 1. The Hall–Kier alpha value is -4.90. The normalized spacial score (nSPS) is 20.3. The largest absolute Gasteiger partial charge is 0.465 e. The molecule has 89 heavy (non-hydrogen) atoms. The van der Waals surface area contributed by atoms with E-state index < -0.39 is 17.8 Å². The van der Waals surface area contributed by atoms with Crippen molar-refractivity contribution in [3.05, 3.63) is 59.7 Å². The van der Waals surface area contributed by atoms with Gasteiger partial charge in [-0.2, -0.15) is 11.8 Å². The SMILES string of the molecule is CC(C)(C)OC(=O)NC1CCC(N(C(=O)O)C2CC2c2ccc(-c3cccc(CCC(=O)NCCOCCOCCOCCOCCOCCOCCOCCOCCOCCOCCOCCNC(=O)CCCC[C@@H]4SC[C@@H]5NC(=O)N[C@@H]54)c3)cc2)CC1. The first-order valence-corrected chi connectivity index (χ1v) is 33.1. The number of unbranched alkanes of at least 4 members (excludes halogenated alkanes) is 1. The number of hydrogen-bond acceptors (Lipinski definition) is 18. The first kappa shape index (κ1) is 73.2. The number of urea groups is 1. The van der Waals surface area contributed by atoms with Crippen molar-refractivity contribution in [2.45, 2.75) is 138 Å². The van der Waals surface area contributed by atoms with Crippen LogP contribution in [0.3, 0.4) is 0 Å². The second kappa shape index (κ2) is 43.0. The van der Waals surface area contributed by atoms with Crippen molar-refractivity contribution in [1.29, 1.82) is 0 Å². The second-order valence-corrected chi connectivity index (χ2v) is 24.6. The maximum Gasteiger partial charge on any atom is 0.407 e. The van der Waals surface area contributed by atoms with Gasteiger partial charge in [0.2, 0.25) is 11.8 Å². The summed E-state index contributed by atoms with van der Waals surface area (Å²) in [7, 11) is 0. The minimum Gasteiger partial charge on any atom is -0.465 e. The average Bonchev–Trinajstić information content (AvgIpc) is 1.73. The number of thioether (sulfide) groups is 1. The molecule has 502 valence electrons. The van der Waals surface area contributed by atoms with E-state index in [1.165, 1.54) is 0 Å². The van der Waals surface area contributed by atoms with E-state index in [0.29, 0.717) is 209 Å². The molecule has 6 N–H and O–H groups in total. The molecule has 4 fully saturated rings. The highest BCUT2D eigenvalue weighted by Crippen LogP contribution is 2.47. The fourth-order valence-corrected chi connectivity index (χ4v) is 12.3. The molecular formula is C64H102N6O18S. The summed E-state index contributed by atoms with van der Waals surface area (Å²) in [6.07, 6.45) is 6.57. The standard InChI is InChI=1S/C64H102N6O18S/c1-64(2,3)88-62(74)67-52-16-18-53(19-17-52)70(63(75)76)56-46-54(56)50-14-12-49(13-15-50)51-8-6-7-48(45-51)11-20-59(72)66-22-24-78-26-28-80-30-32-82-34-36-84-38-40-86-42-44-87-43-41-85-39-37-83-35-33-81-31-29-79-27-25-77-23-21-65-58(71)10-5-4-9-57-60-55(47-89-57)68-61(73)69-60/h6-8,12-15,45,52-57,60H,4-5,9-11,16-44,46-47H2,1-3H3,(H,65,71)(H,66,72)(H,67,74)(H,75,76)(H2,68,69,73)/t52?,53?,54?,55-,56?,57-,60-/m0/s1. The highest BCUT2D eigenvalue weighted by Gasteiger charge is 2.48. The Kier molecular flexibility index (Phi) is 35.4. The van der Waals surface area contributed by atoms with Crippen molar-refractivity contribution in [2.75, 3.05) is 164 Å². The molecule has 2 saturated carbocycles. The molecule has 2 aromatic rings. The Morgan fingerprint density at radius 2 is 1.08 bits per heavy atom. The second-order valence-electron chi connectivity index (χ2n) is 23.4. The number of carbonyl (C=O) groups excluding carboxylic acids is 4. The maximum absolute atomic E-state index is 12.6. The lowest BCUT2D eigenvalue weighted by atomic mass is 9.90. The molecule has 0 spiro atoms. The summed E-state index contributed by atoms with van der Waals surface area (Å²) in [4.78, 5) is 62.6. The summed E-state index contributed by atoms with van der Waals surface area (Å²) >= 11 is 1.90.